The van der Waals surface area contributed by atoms with Crippen LogP contribution in [0, 0.1) is 0 Å². The van der Waals surface area contributed by atoms with E-state index in [0.29, 0.717) is 24.6 Å². The first-order chi connectivity index (χ1) is 10.7. The lowest BCUT2D eigenvalue weighted by Gasteiger charge is -2.14. The second-order valence-corrected chi connectivity index (χ2v) is 4.53. The molecule has 118 valence electrons. The largest absolute Gasteiger partial charge is 0.494 e. The van der Waals surface area contributed by atoms with Gasteiger partial charge in [0.05, 0.1) is 19.4 Å². The number of ether oxygens (including phenoxy) is 2. The van der Waals surface area contributed by atoms with E-state index in [-0.39, 0.29) is 12.1 Å². The van der Waals surface area contributed by atoms with Crippen LogP contribution < -0.4 is 15.4 Å². The average molecular weight is 304 g/mol. The summed E-state index contributed by atoms with van der Waals surface area (Å²) < 4.78 is 15.9. The van der Waals surface area contributed by atoms with Gasteiger partial charge in [0.15, 0.2) is 0 Å². The van der Waals surface area contributed by atoms with Gasteiger partial charge >= 0.3 is 6.03 Å². The van der Waals surface area contributed by atoms with E-state index in [1.807, 2.05) is 6.92 Å². The summed E-state index contributed by atoms with van der Waals surface area (Å²) in [4.78, 5) is 11.9. The summed E-state index contributed by atoms with van der Waals surface area (Å²) >= 11 is 0. The minimum Gasteiger partial charge on any atom is -0.494 e. The molecule has 22 heavy (non-hydrogen) atoms. The van der Waals surface area contributed by atoms with Gasteiger partial charge in [0.1, 0.15) is 17.6 Å². The molecule has 2 amide bonds. The molecule has 0 aliphatic carbocycles. The predicted molar refractivity (Wildman–Crippen MR) is 83.1 cm³/mol. The number of methoxy groups -OCH3 is 1. The molecule has 1 atom stereocenters. The molecule has 0 radical (unpaired) electrons. The van der Waals surface area contributed by atoms with Gasteiger partial charge in [-0.15, -0.1) is 0 Å². The summed E-state index contributed by atoms with van der Waals surface area (Å²) in [5.41, 5.74) is 0.688. The van der Waals surface area contributed by atoms with E-state index < -0.39 is 0 Å². The number of nitrogens with one attached hydrogen (secondary N) is 2. The molecular formula is C16H20N2O4. The standard InChI is InChI=1S/C16H20N2O4/c1-3-21-13-8-6-12(7-9-13)18-16(19)17-11-15(20-2)14-5-4-10-22-14/h4-10,15H,3,11H2,1-2H3,(H2,17,18,19). The number of hydrogen-bond acceptors (Lipinski definition) is 4. The Bertz CT molecular complexity index is 566. The zero-order valence-electron chi connectivity index (χ0n) is 12.7. The maximum Gasteiger partial charge on any atom is 0.319 e. The smallest absolute Gasteiger partial charge is 0.319 e. The van der Waals surface area contributed by atoms with Crippen molar-refractivity contribution in [3.63, 3.8) is 0 Å². The molecule has 2 aromatic rings. The van der Waals surface area contributed by atoms with Crippen LogP contribution >= 0.6 is 0 Å². The number of rotatable bonds is 7. The van der Waals surface area contributed by atoms with Gasteiger partial charge in [-0.05, 0) is 43.3 Å². The number of carbonyl (C=O) groups is 1. The fraction of sp³-hybridized carbons (Fsp3) is 0.312. The topological polar surface area (TPSA) is 72.7 Å². The predicted octanol–water partition coefficient (Wildman–Crippen LogP) is 3.19. The Hall–Kier alpha value is -2.47. The molecule has 0 saturated heterocycles. The van der Waals surface area contributed by atoms with Crippen LogP contribution in [0.2, 0.25) is 0 Å². The van der Waals surface area contributed by atoms with E-state index >= 15 is 0 Å². The molecule has 1 aromatic carbocycles. The highest BCUT2D eigenvalue weighted by Crippen LogP contribution is 2.17. The highest BCUT2D eigenvalue weighted by atomic mass is 16.5. The summed E-state index contributed by atoms with van der Waals surface area (Å²) in [6.45, 7) is 2.84. The van der Waals surface area contributed by atoms with Crippen molar-refractivity contribution in [3.8, 4) is 5.75 Å². The van der Waals surface area contributed by atoms with E-state index in [1.165, 1.54) is 0 Å². The first kappa shape index (κ1) is 15.9. The van der Waals surface area contributed by atoms with E-state index in [2.05, 4.69) is 10.6 Å². The van der Waals surface area contributed by atoms with E-state index in [4.69, 9.17) is 13.9 Å². The number of hydrogen-bond donors (Lipinski definition) is 2. The number of furan rings is 1. The minimum atomic E-state index is -0.318. The second kappa shape index (κ2) is 8.09. The quantitative estimate of drug-likeness (QED) is 0.824. The third-order valence-corrected chi connectivity index (χ3v) is 3.02. The summed E-state index contributed by atoms with van der Waals surface area (Å²) in [7, 11) is 1.57. The van der Waals surface area contributed by atoms with Gasteiger partial charge in [0.2, 0.25) is 0 Å². The minimum absolute atomic E-state index is 0.308. The maximum absolute atomic E-state index is 11.9. The van der Waals surface area contributed by atoms with E-state index in [1.54, 1.807) is 49.8 Å². The fourth-order valence-electron chi connectivity index (χ4n) is 1.94. The highest BCUT2D eigenvalue weighted by Gasteiger charge is 2.14. The van der Waals surface area contributed by atoms with Crippen molar-refractivity contribution in [1.29, 1.82) is 0 Å². The number of benzene rings is 1. The molecule has 1 unspecified atom stereocenters. The summed E-state index contributed by atoms with van der Waals surface area (Å²) in [5.74, 6) is 1.44. The summed E-state index contributed by atoms with van der Waals surface area (Å²) in [6, 6.07) is 10.5. The summed E-state index contributed by atoms with van der Waals surface area (Å²) in [6.07, 6.45) is 1.25. The molecule has 0 saturated carbocycles. The molecule has 1 aromatic heterocycles. The first-order valence-corrected chi connectivity index (χ1v) is 7.06. The van der Waals surface area contributed by atoms with Crippen LogP contribution in [0.15, 0.2) is 47.1 Å². The van der Waals surface area contributed by atoms with Gasteiger partial charge in [-0.3, -0.25) is 0 Å². The Balaban J connectivity index is 1.82. The van der Waals surface area contributed by atoms with E-state index in [0.717, 1.165) is 5.75 Å². The van der Waals surface area contributed by atoms with Crippen LogP contribution in [-0.4, -0.2) is 26.3 Å². The molecule has 0 aliphatic rings. The Morgan fingerprint density at radius 1 is 1.27 bits per heavy atom. The molecule has 1 heterocycles. The van der Waals surface area contributed by atoms with Crippen molar-refractivity contribution in [1.82, 2.24) is 5.32 Å². The lowest BCUT2D eigenvalue weighted by molar-refractivity contribution is 0.0855. The number of amides is 2. The molecule has 0 bridgehead atoms. The van der Waals surface area contributed by atoms with Crippen LogP contribution in [0.1, 0.15) is 18.8 Å². The van der Waals surface area contributed by atoms with Gasteiger partial charge < -0.3 is 24.5 Å². The monoisotopic (exact) mass is 304 g/mol. The first-order valence-electron chi connectivity index (χ1n) is 7.06. The van der Waals surface area contributed by atoms with Crippen LogP contribution in [0.3, 0.4) is 0 Å². The van der Waals surface area contributed by atoms with Crippen molar-refractivity contribution in [2.45, 2.75) is 13.0 Å². The van der Waals surface area contributed by atoms with Crippen molar-refractivity contribution >= 4 is 11.7 Å². The van der Waals surface area contributed by atoms with E-state index in [9.17, 15) is 4.79 Å². The average Bonchev–Trinajstić information content (AvgIpc) is 3.04. The zero-order chi connectivity index (χ0) is 15.8. The van der Waals surface area contributed by atoms with Crippen LogP contribution in [0.5, 0.6) is 5.75 Å². The number of anilines is 1. The van der Waals surface area contributed by atoms with Crippen molar-refractivity contribution < 1.29 is 18.7 Å². The lowest BCUT2D eigenvalue weighted by atomic mass is 10.2. The van der Waals surface area contributed by atoms with Gasteiger partial charge in [0.25, 0.3) is 0 Å². The van der Waals surface area contributed by atoms with Crippen molar-refractivity contribution in [2.24, 2.45) is 0 Å². The van der Waals surface area contributed by atoms with Crippen LogP contribution in [0.4, 0.5) is 10.5 Å². The third-order valence-electron chi connectivity index (χ3n) is 3.02. The molecule has 6 heteroatoms. The van der Waals surface area contributed by atoms with Gasteiger partial charge in [0, 0.05) is 12.8 Å². The molecule has 0 spiro atoms. The Morgan fingerprint density at radius 3 is 2.64 bits per heavy atom. The number of urea groups is 1. The number of carbonyl (C=O) groups excluding carboxylic acids is 1. The van der Waals surface area contributed by atoms with Gasteiger partial charge in [-0.1, -0.05) is 0 Å². The molecule has 2 rings (SSSR count). The second-order valence-electron chi connectivity index (χ2n) is 4.53. The Labute approximate surface area is 129 Å². The maximum atomic E-state index is 11.9. The normalized spacial score (nSPS) is 11.7. The zero-order valence-corrected chi connectivity index (χ0v) is 12.7. The summed E-state index contributed by atoms with van der Waals surface area (Å²) in [5, 5.41) is 5.49. The fourth-order valence-corrected chi connectivity index (χ4v) is 1.94. The van der Waals surface area contributed by atoms with Gasteiger partial charge in [-0.25, -0.2) is 4.79 Å². The van der Waals surface area contributed by atoms with Crippen molar-refractivity contribution in [3.05, 3.63) is 48.4 Å². The molecule has 0 fully saturated rings. The highest BCUT2D eigenvalue weighted by molar-refractivity contribution is 5.89. The molecular weight excluding hydrogens is 284 g/mol. The van der Waals surface area contributed by atoms with Crippen LogP contribution in [-0.2, 0) is 4.74 Å². The Morgan fingerprint density at radius 2 is 2.05 bits per heavy atom. The SMILES string of the molecule is CCOc1ccc(NC(=O)NCC(OC)c2ccco2)cc1. The van der Waals surface area contributed by atoms with Crippen LogP contribution in [0.25, 0.3) is 0 Å². The molecule has 2 N–H and O–H groups in total. The lowest BCUT2D eigenvalue weighted by Crippen LogP contribution is -2.32. The third kappa shape index (κ3) is 4.53. The Kier molecular flexibility index (Phi) is 5.85. The molecule has 6 nitrogen and oxygen atoms in total. The van der Waals surface area contributed by atoms with Crippen molar-refractivity contribution in [2.75, 3.05) is 25.6 Å². The van der Waals surface area contributed by atoms with Gasteiger partial charge in [-0.2, -0.15) is 0 Å². The molecule has 0 aliphatic heterocycles.